The van der Waals surface area contributed by atoms with Gasteiger partial charge in [-0.15, -0.1) is 0 Å². The first-order chi connectivity index (χ1) is 12.2. The van der Waals surface area contributed by atoms with Crippen molar-refractivity contribution < 1.29 is 15.0 Å². The molecule has 1 heterocycles. The number of carboxylic acid groups (broad SMARTS) is 1. The molecule has 1 aromatic heterocycles. The van der Waals surface area contributed by atoms with Crippen molar-refractivity contribution in [2.75, 3.05) is 0 Å². The fourth-order valence-corrected chi connectivity index (χ4v) is 3.22. The molecule has 0 spiro atoms. The van der Waals surface area contributed by atoms with Gasteiger partial charge in [0.15, 0.2) is 0 Å². The van der Waals surface area contributed by atoms with Crippen molar-refractivity contribution in [3.05, 3.63) is 78.4 Å². The predicted molar refractivity (Wildman–Crippen MR) is 97.8 cm³/mol. The van der Waals surface area contributed by atoms with Gasteiger partial charge in [0.05, 0.1) is 5.69 Å². The molecule has 0 aliphatic carbocycles. The highest BCUT2D eigenvalue weighted by Crippen LogP contribution is 2.40. The van der Waals surface area contributed by atoms with E-state index in [1.165, 1.54) is 6.07 Å². The van der Waals surface area contributed by atoms with E-state index in [0.29, 0.717) is 11.3 Å². The van der Waals surface area contributed by atoms with Crippen LogP contribution < -0.4 is 0 Å². The second kappa shape index (κ2) is 5.83. The minimum atomic E-state index is -1.16. The lowest BCUT2D eigenvalue weighted by atomic mass is 9.95. The van der Waals surface area contributed by atoms with Crippen LogP contribution in [-0.2, 0) is 0 Å². The minimum Gasteiger partial charge on any atom is -0.507 e. The number of hydrogen-bond acceptors (Lipinski definition) is 2. The topological polar surface area (TPSA) is 73.3 Å². The van der Waals surface area contributed by atoms with Crippen LogP contribution in [0.1, 0.15) is 10.4 Å². The number of phenols is 1. The Bertz CT molecular complexity index is 1080. The van der Waals surface area contributed by atoms with Gasteiger partial charge in [0.1, 0.15) is 11.3 Å². The fourth-order valence-electron chi connectivity index (χ4n) is 3.22. The lowest BCUT2D eigenvalue weighted by molar-refractivity contribution is 0.0694. The van der Waals surface area contributed by atoms with E-state index in [-0.39, 0.29) is 11.3 Å². The zero-order valence-corrected chi connectivity index (χ0v) is 13.2. The van der Waals surface area contributed by atoms with Gasteiger partial charge >= 0.3 is 5.97 Å². The third kappa shape index (κ3) is 2.44. The molecule has 0 bridgehead atoms. The van der Waals surface area contributed by atoms with Crippen LogP contribution in [0.3, 0.4) is 0 Å². The Morgan fingerprint density at radius 1 is 0.840 bits per heavy atom. The number of aromatic amines is 1. The van der Waals surface area contributed by atoms with E-state index in [4.69, 9.17) is 0 Å². The quantitative estimate of drug-likeness (QED) is 0.500. The summed E-state index contributed by atoms with van der Waals surface area (Å²) in [5.41, 5.74) is 3.85. The van der Waals surface area contributed by atoms with Gasteiger partial charge < -0.3 is 15.2 Å². The number of aromatic nitrogens is 1. The van der Waals surface area contributed by atoms with Gasteiger partial charge in [-0.1, -0.05) is 60.7 Å². The third-order valence-electron chi connectivity index (χ3n) is 4.29. The van der Waals surface area contributed by atoms with Gasteiger partial charge in [-0.25, -0.2) is 4.79 Å². The molecule has 4 nitrogen and oxygen atoms in total. The van der Waals surface area contributed by atoms with E-state index in [2.05, 4.69) is 4.98 Å². The van der Waals surface area contributed by atoms with E-state index >= 15 is 0 Å². The smallest absolute Gasteiger partial charge is 0.340 e. The Kier molecular flexibility index (Phi) is 3.51. The largest absolute Gasteiger partial charge is 0.507 e. The molecule has 0 aliphatic heterocycles. The Morgan fingerprint density at radius 3 is 2.32 bits per heavy atom. The summed E-state index contributed by atoms with van der Waals surface area (Å²) in [5, 5.41) is 20.6. The number of hydrogen-bond donors (Lipinski definition) is 3. The molecular weight excluding hydrogens is 314 g/mol. The maximum absolute atomic E-state index is 11.7. The average Bonchev–Trinajstić information content (AvgIpc) is 3.01. The summed E-state index contributed by atoms with van der Waals surface area (Å²) in [6.07, 6.45) is 0. The number of para-hydroxylation sites is 1. The molecule has 0 amide bonds. The number of H-pyrrole nitrogens is 1. The summed E-state index contributed by atoms with van der Waals surface area (Å²) >= 11 is 0. The summed E-state index contributed by atoms with van der Waals surface area (Å²) in [6.45, 7) is 0. The monoisotopic (exact) mass is 329 g/mol. The van der Waals surface area contributed by atoms with Crippen molar-refractivity contribution in [3.63, 3.8) is 0 Å². The molecule has 4 aromatic rings. The molecule has 0 aliphatic rings. The highest BCUT2D eigenvalue weighted by atomic mass is 16.4. The Labute approximate surface area is 144 Å². The van der Waals surface area contributed by atoms with Crippen LogP contribution in [0.4, 0.5) is 0 Å². The summed E-state index contributed by atoms with van der Waals surface area (Å²) < 4.78 is 0. The maximum atomic E-state index is 11.7. The van der Waals surface area contributed by atoms with Crippen molar-refractivity contribution in [2.24, 2.45) is 0 Å². The van der Waals surface area contributed by atoms with Gasteiger partial charge in [0.25, 0.3) is 0 Å². The highest BCUT2D eigenvalue weighted by molar-refractivity contribution is 6.07. The maximum Gasteiger partial charge on any atom is 0.340 e. The van der Waals surface area contributed by atoms with Crippen LogP contribution in [-0.4, -0.2) is 21.2 Å². The van der Waals surface area contributed by atoms with Gasteiger partial charge in [-0.3, -0.25) is 0 Å². The average molecular weight is 329 g/mol. The molecule has 0 saturated carbocycles. The summed E-state index contributed by atoms with van der Waals surface area (Å²) in [7, 11) is 0. The van der Waals surface area contributed by atoms with Crippen LogP contribution in [0.2, 0.25) is 0 Å². The number of carbonyl (C=O) groups is 1. The first kappa shape index (κ1) is 15.0. The van der Waals surface area contributed by atoms with Crippen LogP contribution in [0.25, 0.3) is 33.3 Å². The summed E-state index contributed by atoms with van der Waals surface area (Å²) in [4.78, 5) is 15.0. The minimum absolute atomic E-state index is 0.105. The molecule has 122 valence electrons. The number of aromatic hydroxyl groups is 1. The van der Waals surface area contributed by atoms with Gasteiger partial charge in [-0.05, 0) is 17.7 Å². The van der Waals surface area contributed by atoms with E-state index in [9.17, 15) is 15.0 Å². The third-order valence-corrected chi connectivity index (χ3v) is 4.29. The molecule has 4 heteroatoms. The van der Waals surface area contributed by atoms with E-state index in [1.54, 1.807) is 12.1 Å². The van der Waals surface area contributed by atoms with Crippen LogP contribution in [0, 0.1) is 0 Å². The fraction of sp³-hybridized carbons (Fsp3) is 0. The van der Waals surface area contributed by atoms with Crippen molar-refractivity contribution in [2.45, 2.75) is 0 Å². The van der Waals surface area contributed by atoms with Crippen molar-refractivity contribution in [3.8, 4) is 28.1 Å². The first-order valence-corrected chi connectivity index (χ1v) is 7.88. The normalized spacial score (nSPS) is 10.9. The highest BCUT2D eigenvalue weighted by Gasteiger charge is 2.22. The predicted octanol–water partition coefficient (Wildman–Crippen LogP) is 4.91. The lowest BCUT2D eigenvalue weighted by Gasteiger charge is -2.10. The number of benzene rings is 3. The summed E-state index contributed by atoms with van der Waals surface area (Å²) in [6, 6.07) is 22.4. The van der Waals surface area contributed by atoms with Crippen LogP contribution >= 0.6 is 0 Å². The number of fused-ring (bicyclic) bond motifs is 1. The molecule has 0 radical (unpaired) electrons. The second-order valence-electron chi connectivity index (χ2n) is 5.79. The van der Waals surface area contributed by atoms with E-state index in [0.717, 1.165) is 22.0 Å². The molecule has 3 aromatic carbocycles. The Morgan fingerprint density at radius 2 is 1.56 bits per heavy atom. The van der Waals surface area contributed by atoms with Crippen molar-refractivity contribution >= 4 is 16.9 Å². The molecule has 0 unspecified atom stereocenters. The molecule has 4 rings (SSSR count). The standard InChI is InChI=1S/C21H15NO3/c23-17-12-6-10-15(19(17)21(24)25)20-18(13-7-2-1-3-8-13)14-9-4-5-11-16(14)22-20/h1-12,22-23H,(H,24,25). The van der Waals surface area contributed by atoms with Gasteiger partial charge in [-0.2, -0.15) is 0 Å². The Hall–Kier alpha value is -3.53. The SMILES string of the molecule is O=C(O)c1c(O)cccc1-c1[nH]c2ccccc2c1-c1ccccc1. The summed E-state index contributed by atoms with van der Waals surface area (Å²) in [5.74, 6) is -1.41. The van der Waals surface area contributed by atoms with Crippen molar-refractivity contribution in [1.29, 1.82) is 0 Å². The molecule has 0 fully saturated rings. The molecular formula is C21H15NO3. The first-order valence-electron chi connectivity index (χ1n) is 7.88. The number of rotatable bonds is 3. The zero-order chi connectivity index (χ0) is 17.4. The molecule has 0 atom stereocenters. The molecule has 25 heavy (non-hydrogen) atoms. The number of aromatic carboxylic acids is 1. The number of nitrogens with one attached hydrogen (secondary N) is 1. The van der Waals surface area contributed by atoms with Crippen LogP contribution in [0.15, 0.2) is 72.8 Å². The number of carboxylic acids is 1. The van der Waals surface area contributed by atoms with Crippen molar-refractivity contribution in [1.82, 2.24) is 4.98 Å². The molecule has 0 saturated heterocycles. The lowest BCUT2D eigenvalue weighted by Crippen LogP contribution is -2.00. The second-order valence-corrected chi connectivity index (χ2v) is 5.79. The van der Waals surface area contributed by atoms with Gasteiger partial charge in [0, 0.05) is 22.0 Å². The zero-order valence-electron chi connectivity index (χ0n) is 13.2. The Balaban J connectivity index is 2.11. The molecule has 3 N–H and O–H groups in total. The van der Waals surface area contributed by atoms with Gasteiger partial charge in [0.2, 0.25) is 0 Å². The van der Waals surface area contributed by atoms with E-state index in [1.807, 2.05) is 54.6 Å². The van der Waals surface area contributed by atoms with E-state index < -0.39 is 5.97 Å². The van der Waals surface area contributed by atoms with Crippen LogP contribution in [0.5, 0.6) is 5.75 Å².